The molecule has 5 nitrogen and oxygen atoms in total. The van der Waals surface area contributed by atoms with Gasteiger partial charge in [0.25, 0.3) is 0 Å². The van der Waals surface area contributed by atoms with E-state index in [1.165, 1.54) is 17.7 Å². The van der Waals surface area contributed by atoms with Crippen molar-refractivity contribution >= 4 is 5.82 Å². The summed E-state index contributed by atoms with van der Waals surface area (Å²) in [6.07, 6.45) is 4.16. The molecule has 2 heterocycles. The third-order valence-corrected chi connectivity index (χ3v) is 4.35. The van der Waals surface area contributed by atoms with Crippen molar-refractivity contribution in [2.24, 2.45) is 0 Å². The van der Waals surface area contributed by atoms with E-state index in [2.05, 4.69) is 28.3 Å². The smallest absolute Gasteiger partial charge is 0.130 e. The average molecular weight is 307 g/mol. The van der Waals surface area contributed by atoms with Crippen molar-refractivity contribution in [2.45, 2.75) is 46.5 Å². The first-order chi connectivity index (χ1) is 11.1. The first-order valence-corrected chi connectivity index (χ1v) is 8.06. The molecule has 23 heavy (non-hydrogen) atoms. The number of nitrogens with one attached hydrogen (secondary N) is 1. The van der Waals surface area contributed by atoms with Gasteiger partial charge >= 0.3 is 0 Å². The van der Waals surface area contributed by atoms with Crippen LogP contribution in [0.5, 0.6) is 0 Å². The van der Waals surface area contributed by atoms with Gasteiger partial charge in [-0.15, -0.1) is 0 Å². The fraction of sp³-hybridized carbons (Fsp3) is 0.444. The minimum Gasteiger partial charge on any atom is -0.370 e. The van der Waals surface area contributed by atoms with Crippen LogP contribution in [0.25, 0.3) is 0 Å². The molecule has 2 aromatic rings. The number of pyridine rings is 1. The number of hydrogen-bond donors (Lipinski definition) is 1. The van der Waals surface area contributed by atoms with E-state index in [0.717, 1.165) is 54.4 Å². The van der Waals surface area contributed by atoms with Crippen LogP contribution in [-0.4, -0.2) is 21.5 Å². The van der Waals surface area contributed by atoms with Crippen LogP contribution in [0.2, 0.25) is 0 Å². The predicted octanol–water partition coefficient (Wildman–Crippen LogP) is 2.81. The van der Waals surface area contributed by atoms with Crippen molar-refractivity contribution in [2.75, 3.05) is 11.9 Å². The lowest BCUT2D eigenvalue weighted by atomic mass is 10.1. The van der Waals surface area contributed by atoms with Crippen LogP contribution in [0.15, 0.2) is 6.07 Å². The maximum atomic E-state index is 9.09. The van der Waals surface area contributed by atoms with Gasteiger partial charge in [-0.3, -0.25) is 0 Å². The Morgan fingerprint density at radius 2 is 1.96 bits per heavy atom. The fourth-order valence-corrected chi connectivity index (χ4v) is 3.19. The molecule has 0 fully saturated rings. The van der Waals surface area contributed by atoms with Crippen LogP contribution in [-0.2, 0) is 19.3 Å². The number of nitriles is 1. The lowest BCUT2D eigenvalue weighted by Gasteiger charge is -2.10. The number of nitrogens with zero attached hydrogens (tertiary/aromatic N) is 4. The Morgan fingerprint density at radius 3 is 2.70 bits per heavy atom. The maximum Gasteiger partial charge on any atom is 0.130 e. The second kappa shape index (κ2) is 6.33. The van der Waals surface area contributed by atoms with Crippen LogP contribution >= 0.6 is 0 Å². The molecular formula is C18H21N5. The van der Waals surface area contributed by atoms with E-state index in [4.69, 9.17) is 10.2 Å². The van der Waals surface area contributed by atoms with Gasteiger partial charge in [-0.05, 0) is 57.2 Å². The fourth-order valence-electron chi connectivity index (χ4n) is 3.19. The highest BCUT2D eigenvalue weighted by atomic mass is 15.0. The van der Waals surface area contributed by atoms with Gasteiger partial charge in [-0.1, -0.05) is 0 Å². The molecule has 0 saturated carbocycles. The van der Waals surface area contributed by atoms with Crippen molar-refractivity contribution in [3.63, 3.8) is 0 Å². The van der Waals surface area contributed by atoms with Crippen molar-refractivity contribution in [3.8, 4) is 6.07 Å². The number of aryl methyl sites for hydroxylation is 4. The van der Waals surface area contributed by atoms with Gasteiger partial charge in [0.05, 0.1) is 11.3 Å². The summed E-state index contributed by atoms with van der Waals surface area (Å²) in [6.45, 7) is 6.61. The SMILES string of the molecule is Cc1cc(NCCc2nc(C)c3c(n2)CCC3)nc(C)c1C#N. The second-order valence-corrected chi connectivity index (χ2v) is 6.08. The normalized spacial score (nSPS) is 12.8. The molecule has 0 spiro atoms. The first kappa shape index (κ1) is 15.4. The van der Waals surface area contributed by atoms with E-state index in [-0.39, 0.29) is 0 Å². The van der Waals surface area contributed by atoms with Gasteiger partial charge in [-0.2, -0.15) is 5.26 Å². The Balaban J connectivity index is 1.66. The number of aromatic nitrogens is 3. The van der Waals surface area contributed by atoms with Gasteiger partial charge < -0.3 is 5.32 Å². The second-order valence-electron chi connectivity index (χ2n) is 6.08. The largest absolute Gasteiger partial charge is 0.370 e. The van der Waals surface area contributed by atoms with Crippen LogP contribution in [0, 0.1) is 32.1 Å². The Bertz CT molecular complexity index is 751. The first-order valence-electron chi connectivity index (χ1n) is 8.06. The molecule has 3 rings (SSSR count). The molecule has 1 aliphatic rings. The van der Waals surface area contributed by atoms with Gasteiger partial charge in [-0.25, -0.2) is 15.0 Å². The van der Waals surface area contributed by atoms with Crippen molar-refractivity contribution in [3.05, 3.63) is 45.7 Å². The van der Waals surface area contributed by atoms with Gasteiger partial charge in [0.2, 0.25) is 0 Å². The summed E-state index contributed by atoms with van der Waals surface area (Å²) >= 11 is 0. The summed E-state index contributed by atoms with van der Waals surface area (Å²) in [6, 6.07) is 4.11. The van der Waals surface area contributed by atoms with E-state index in [1.807, 2.05) is 19.9 Å². The summed E-state index contributed by atoms with van der Waals surface area (Å²) in [5, 5.41) is 12.4. The van der Waals surface area contributed by atoms with E-state index in [1.54, 1.807) is 0 Å². The Hall–Kier alpha value is -2.48. The van der Waals surface area contributed by atoms with Crippen LogP contribution in [0.3, 0.4) is 0 Å². The summed E-state index contributed by atoms with van der Waals surface area (Å²) in [5.41, 5.74) is 6.09. The predicted molar refractivity (Wildman–Crippen MR) is 89.4 cm³/mol. The minimum absolute atomic E-state index is 0.660. The monoisotopic (exact) mass is 307 g/mol. The standard InChI is InChI=1S/C18H21N5/c1-11-9-18(22-13(3)15(11)10-19)20-8-7-17-21-12(2)14-5-4-6-16(14)23-17/h9H,4-8H2,1-3H3,(H,20,22). The molecule has 0 saturated heterocycles. The highest BCUT2D eigenvalue weighted by Crippen LogP contribution is 2.22. The van der Waals surface area contributed by atoms with Crippen LogP contribution < -0.4 is 5.32 Å². The molecule has 0 bridgehead atoms. The van der Waals surface area contributed by atoms with E-state index in [9.17, 15) is 0 Å². The number of anilines is 1. The summed E-state index contributed by atoms with van der Waals surface area (Å²) in [7, 11) is 0. The van der Waals surface area contributed by atoms with E-state index in [0.29, 0.717) is 5.56 Å². The molecule has 0 aliphatic heterocycles. The molecule has 0 atom stereocenters. The van der Waals surface area contributed by atoms with Crippen molar-refractivity contribution in [1.29, 1.82) is 5.26 Å². The molecule has 1 N–H and O–H groups in total. The number of rotatable bonds is 4. The third kappa shape index (κ3) is 3.16. The highest BCUT2D eigenvalue weighted by Gasteiger charge is 2.16. The zero-order valence-electron chi connectivity index (χ0n) is 13.9. The number of hydrogen-bond acceptors (Lipinski definition) is 5. The topological polar surface area (TPSA) is 74.5 Å². The molecule has 2 aromatic heterocycles. The lowest BCUT2D eigenvalue weighted by Crippen LogP contribution is -2.11. The summed E-state index contributed by atoms with van der Waals surface area (Å²) in [5.74, 6) is 1.70. The molecule has 0 unspecified atom stereocenters. The molecule has 1 aliphatic carbocycles. The lowest BCUT2D eigenvalue weighted by molar-refractivity contribution is 0.845. The zero-order chi connectivity index (χ0) is 16.4. The van der Waals surface area contributed by atoms with Crippen molar-refractivity contribution < 1.29 is 0 Å². The Labute approximate surface area is 136 Å². The minimum atomic E-state index is 0.660. The Morgan fingerprint density at radius 1 is 1.13 bits per heavy atom. The summed E-state index contributed by atoms with van der Waals surface area (Å²) < 4.78 is 0. The van der Waals surface area contributed by atoms with E-state index >= 15 is 0 Å². The number of fused-ring (bicyclic) bond motifs is 1. The average Bonchev–Trinajstić information content (AvgIpc) is 2.96. The molecule has 5 heteroatoms. The summed E-state index contributed by atoms with van der Waals surface area (Å²) in [4.78, 5) is 13.8. The van der Waals surface area contributed by atoms with Gasteiger partial charge in [0.1, 0.15) is 17.7 Å². The van der Waals surface area contributed by atoms with Crippen LogP contribution in [0.1, 0.15) is 46.0 Å². The zero-order valence-corrected chi connectivity index (χ0v) is 13.9. The van der Waals surface area contributed by atoms with E-state index < -0.39 is 0 Å². The molecule has 118 valence electrons. The quantitative estimate of drug-likeness (QED) is 0.940. The molecular weight excluding hydrogens is 286 g/mol. The van der Waals surface area contributed by atoms with Crippen molar-refractivity contribution in [1.82, 2.24) is 15.0 Å². The van der Waals surface area contributed by atoms with Gasteiger partial charge in [0, 0.05) is 24.4 Å². The Kier molecular flexibility index (Phi) is 4.24. The highest BCUT2D eigenvalue weighted by molar-refractivity contribution is 5.48. The maximum absolute atomic E-state index is 9.09. The van der Waals surface area contributed by atoms with Crippen LogP contribution in [0.4, 0.5) is 5.82 Å². The molecule has 0 amide bonds. The van der Waals surface area contributed by atoms with Gasteiger partial charge in [0.15, 0.2) is 0 Å². The third-order valence-electron chi connectivity index (χ3n) is 4.35. The molecule has 0 radical (unpaired) electrons. The molecule has 0 aromatic carbocycles.